The van der Waals surface area contributed by atoms with E-state index in [-0.39, 0.29) is 0 Å². The van der Waals surface area contributed by atoms with Gasteiger partial charge in [-0.1, -0.05) is 26.7 Å². The lowest BCUT2D eigenvalue weighted by Gasteiger charge is -2.19. The second-order valence-corrected chi connectivity index (χ2v) is 3.91. The number of unbranched alkanes of at least 4 members (excludes halogenated alkanes) is 1. The molecule has 0 aliphatic carbocycles. The van der Waals surface area contributed by atoms with Crippen LogP contribution < -0.4 is 5.32 Å². The van der Waals surface area contributed by atoms with E-state index in [0.717, 1.165) is 6.42 Å². The third kappa shape index (κ3) is 3.31. The highest BCUT2D eigenvalue weighted by Gasteiger charge is 2.11. The van der Waals surface area contributed by atoms with E-state index >= 15 is 0 Å². The molecule has 1 aromatic heterocycles. The van der Waals surface area contributed by atoms with Crippen LogP contribution in [0, 0.1) is 0 Å². The Morgan fingerprint density at radius 3 is 2.80 bits per heavy atom. The summed E-state index contributed by atoms with van der Waals surface area (Å²) in [4.78, 5) is 4.19. The van der Waals surface area contributed by atoms with E-state index in [1.165, 1.54) is 30.4 Å². The number of aryl methyl sites for hydroxylation is 1. The lowest BCUT2D eigenvalue weighted by molar-refractivity contribution is 0.519. The quantitative estimate of drug-likeness (QED) is 0.773. The normalized spacial score (nSPS) is 12.7. The van der Waals surface area contributed by atoms with Crippen molar-refractivity contribution in [2.24, 2.45) is 0 Å². The van der Waals surface area contributed by atoms with Gasteiger partial charge < -0.3 is 5.32 Å². The zero-order valence-electron chi connectivity index (χ0n) is 10.1. The van der Waals surface area contributed by atoms with Crippen LogP contribution in [0.1, 0.15) is 50.3 Å². The summed E-state index contributed by atoms with van der Waals surface area (Å²) in [7, 11) is 2.04. The highest BCUT2D eigenvalue weighted by Crippen LogP contribution is 2.22. The van der Waals surface area contributed by atoms with Crippen LogP contribution in [0.25, 0.3) is 0 Å². The average molecular weight is 206 g/mol. The summed E-state index contributed by atoms with van der Waals surface area (Å²) in [6.45, 7) is 4.42. The predicted molar refractivity (Wildman–Crippen MR) is 64.9 cm³/mol. The maximum atomic E-state index is 4.19. The molecule has 1 heterocycles. The first kappa shape index (κ1) is 12.2. The number of hydrogen-bond donors (Lipinski definition) is 1. The van der Waals surface area contributed by atoms with Gasteiger partial charge in [0, 0.05) is 18.4 Å². The van der Waals surface area contributed by atoms with Gasteiger partial charge in [0.1, 0.15) is 0 Å². The van der Waals surface area contributed by atoms with Gasteiger partial charge >= 0.3 is 0 Å². The standard InChI is InChI=1S/C13H22N2/c1-4-6-7-13(14-3)12-8-9-15-10-11(12)5-2/h8-10,13-14H,4-7H2,1-3H3. The van der Waals surface area contributed by atoms with Gasteiger partial charge in [-0.25, -0.2) is 0 Å². The molecule has 0 amide bonds. The molecule has 0 saturated carbocycles. The Kier molecular flexibility index (Phi) is 5.33. The molecule has 1 unspecified atom stereocenters. The summed E-state index contributed by atoms with van der Waals surface area (Å²) >= 11 is 0. The molecule has 1 rings (SSSR count). The highest BCUT2D eigenvalue weighted by atomic mass is 14.9. The van der Waals surface area contributed by atoms with Crippen molar-refractivity contribution in [3.63, 3.8) is 0 Å². The molecular formula is C13H22N2. The maximum absolute atomic E-state index is 4.19. The zero-order valence-corrected chi connectivity index (χ0v) is 10.1. The molecule has 1 atom stereocenters. The highest BCUT2D eigenvalue weighted by molar-refractivity contribution is 5.26. The minimum Gasteiger partial charge on any atom is -0.313 e. The van der Waals surface area contributed by atoms with Crippen molar-refractivity contribution in [2.45, 2.75) is 45.6 Å². The number of pyridine rings is 1. The van der Waals surface area contributed by atoms with Crippen LogP contribution in [0.3, 0.4) is 0 Å². The second kappa shape index (κ2) is 6.57. The van der Waals surface area contributed by atoms with Crippen LogP contribution in [0.15, 0.2) is 18.5 Å². The van der Waals surface area contributed by atoms with Gasteiger partial charge in [0.25, 0.3) is 0 Å². The molecule has 0 radical (unpaired) electrons. The second-order valence-electron chi connectivity index (χ2n) is 3.91. The molecule has 0 bridgehead atoms. The molecule has 0 aromatic carbocycles. The summed E-state index contributed by atoms with van der Waals surface area (Å²) < 4.78 is 0. The Morgan fingerprint density at radius 1 is 1.40 bits per heavy atom. The summed E-state index contributed by atoms with van der Waals surface area (Å²) in [6, 6.07) is 2.64. The van der Waals surface area contributed by atoms with Crippen molar-refractivity contribution in [1.29, 1.82) is 0 Å². The monoisotopic (exact) mass is 206 g/mol. The van der Waals surface area contributed by atoms with E-state index in [0.29, 0.717) is 6.04 Å². The van der Waals surface area contributed by atoms with Crippen molar-refractivity contribution in [3.8, 4) is 0 Å². The van der Waals surface area contributed by atoms with Crippen LogP contribution in [0.5, 0.6) is 0 Å². The fourth-order valence-electron chi connectivity index (χ4n) is 1.94. The SMILES string of the molecule is CCCCC(NC)c1ccncc1CC. The molecular weight excluding hydrogens is 184 g/mol. The first-order valence-corrected chi connectivity index (χ1v) is 5.93. The molecule has 84 valence electrons. The molecule has 0 aliphatic heterocycles. The van der Waals surface area contributed by atoms with Crippen molar-refractivity contribution < 1.29 is 0 Å². The lowest BCUT2D eigenvalue weighted by atomic mass is 9.97. The third-order valence-electron chi connectivity index (χ3n) is 2.89. The van der Waals surface area contributed by atoms with E-state index in [1.807, 2.05) is 19.4 Å². The summed E-state index contributed by atoms with van der Waals surface area (Å²) in [6.07, 6.45) is 8.69. The predicted octanol–water partition coefficient (Wildman–Crippen LogP) is 3.09. The van der Waals surface area contributed by atoms with Crippen molar-refractivity contribution in [1.82, 2.24) is 10.3 Å². The van der Waals surface area contributed by atoms with Gasteiger partial charge in [-0.15, -0.1) is 0 Å². The van der Waals surface area contributed by atoms with Crippen molar-refractivity contribution in [2.75, 3.05) is 7.05 Å². The summed E-state index contributed by atoms with van der Waals surface area (Å²) in [5.74, 6) is 0. The van der Waals surface area contributed by atoms with Gasteiger partial charge in [0.05, 0.1) is 0 Å². The van der Waals surface area contributed by atoms with Gasteiger partial charge in [-0.2, -0.15) is 0 Å². The van der Waals surface area contributed by atoms with E-state index in [9.17, 15) is 0 Å². The Labute approximate surface area is 93.1 Å². The topological polar surface area (TPSA) is 24.9 Å². The summed E-state index contributed by atoms with van der Waals surface area (Å²) in [5, 5.41) is 3.40. The van der Waals surface area contributed by atoms with E-state index in [1.54, 1.807) is 0 Å². The molecule has 0 spiro atoms. The van der Waals surface area contributed by atoms with Crippen LogP contribution in [0.4, 0.5) is 0 Å². The Balaban J connectivity index is 2.80. The largest absolute Gasteiger partial charge is 0.313 e. The number of hydrogen-bond acceptors (Lipinski definition) is 2. The Hall–Kier alpha value is -0.890. The van der Waals surface area contributed by atoms with Crippen LogP contribution in [-0.4, -0.2) is 12.0 Å². The Bertz CT molecular complexity index is 284. The van der Waals surface area contributed by atoms with Crippen molar-refractivity contribution >= 4 is 0 Å². The molecule has 0 saturated heterocycles. The first-order valence-electron chi connectivity index (χ1n) is 5.93. The third-order valence-corrected chi connectivity index (χ3v) is 2.89. The molecule has 0 fully saturated rings. The molecule has 15 heavy (non-hydrogen) atoms. The van der Waals surface area contributed by atoms with Crippen LogP contribution in [0.2, 0.25) is 0 Å². The van der Waals surface area contributed by atoms with Crippen molar-refractivity contribution in [3.05, 3.63) is 29.6 Å². The lowest BCUT2D eigenvalue weighted by Crippen LogP contribution is -2.18. The van der Waals surface area contributed by atoms with Gasteiger partial charge in [0.2, 0.25) is 0 Å². The molecule has 1 aromatic rings. The zero-order chi connectivity index (χ0) is 11.1. The Morgan fingerprint density at radius 2 is 2.20 bits per heavy atom. The number of aromatic nitrogens is 1. The molecule has 2 heteroatoms. The number of nitrogens with zero attached hydrogens (tertiary/aromatic N) is 1. The maximum Gasteiger partial charge on any atom is 0.0321 e. The number of rotatable bonds is 6. The average Bonchev–Trinajstić information content (AvgIpc) is 2.30. The van der Waals surface area contributed by atoms with E-state index < -0.39 is 0 Å². The van der Waals surface area contributed by atoms with Gasteiger partial charge in [0.15, 0.2) is 0 Å². The van der Waals surface area contributed by atoms with Crippen LogP contribution >= 0.6 is 0 Å². The van der Waals surface area contributed by atoms with E-state index in [4.69, 9.17) is 0 Å². The minimum absolute atomic E-state index is 0.489. The molecule has 2 nitrogen and oxygen atoms in total. The van der Waals surface area contributed by atoms with Crippen LogP contribution in [-0.2, 0) is 6.42 Å². The summed E-state index contributed by atoms with van der Waals surface area (Å²) in [5.41, 5.74) is 2.79. The molecule has 0 aliphatic rings. The fraction of sp³-hybridized carbons (Fsp3) is 0.615. The first-order chi connectivity index (χ1) is 7.33. The van der Waals surface area contributed by atoms with Gasteiger partial charge in [-0.05, 0) is 37.1 Å². The van der Waals surface area contributed by atoms with Gasteiger partial charge in [-0.3, -0.25) is 4.98 Å². The number of nitrogens with one attached hydrogen (secondary N) is 1. The fourth-order valence-corrected chi connectivity index (χ4v) is 1.94. The minimum atomic E-state index is 0.489. The smallest absolute Gasteiger partial charge is 0.0321 e. The molecule has 1 N–H and O–H groups in total. The van der Waals surface area contributed by atoms with E-state index in [2.05, 4.69) is 30.2 Å².